The smallest absolute Gasteiger partial charge is 0.291 e. The first-order chi connectivity index (χ1) is 10.6. The van der Waals surface area contributed by atoms with Gasteiger partial charge in [0.05, 0.1) is 0 Å². The van der Waals surface area contributed by atoms with Gasteiger partial charge in [-0.05, 0) is 54.6 Å². The fourth-order valence-electron chi connectivity index (χ4n) is 1.99. The average Bonchev–Trinajstić information content (AvgIpc) is 2.98. The summed E-state index contributed by atoms with van der Waals surface area (Å²) in [4.78, 5) is 12.2. The quantitative estimate of drug-likeness (QED) is 0.645. The molecule has 0 unspecified atom stereocenters. The van der Waals surface area contributed by atoms with Crippen LogP contribution in [0.25, 0.3) is 11.3 Å². The van der Waals surface area contributed by atoms with Crippen LogP contribution in [-0.4, -0.2) is 5.91 Å². The molecule has 3 aromatic rings. The monoisotopic (exact) mass is 375 g/mol. The molecule has 0 saturated carbocycles. The molecule has 0 radical (unpaired) electrons. The van der Waals surface area contributed by atoms with E-state index < -0.39 is 0 Å². The summed E-state index contributed by atoms with van der Waals surface area (Å²) in [7, 11) is 0. The third kappa shape index (κ3) is 3.40. The number of carbonyl (C=O) groups is 1. The Morgan fingerprint density at radius 3 is 2.55 bits per heavy atom. The number of anilines is 1. The summed E-state index contributed by atoms with van der Waals surface area (Å²) in [5.74, 6) is 0.583. The lowest BCUT2D eigenvalue weighted by Crippen LogP contribution is -2.10. The van der Waals surface area contributed by atoms with Crippen LogP contribution in [0.15, 0.2) is 69.6 Å². The molecule has 0 atom stereocenters. The number of amides is 1. The van der Waals surface area contributed by atoms with E-state index in [0.717, 1.165) is 10.0 Å². The molecule has 0 spiro atoms. The second kappa shape index (κ2) is 6.38. The van der Waals surface area contributed by atoms with E-state index in [1.807, 2.05) is 36.4 Å². The van der Waals surface area contributed by atoms with Crippen molar-refractivity contribution < 1.29 is 9.21 Å². The minimum absolute atomic E-state index is 0.255. The molecule has 22 heavy (non-hydrogen) atoms. The minimum atomic E-state index is -0.293. The Morgan fingerprint density at radius 2 is 1.82 bits per heavy atom. The van der Waals surface area contributed by atoms with E-state index in [9.17, 15) is 4.79 Å². The molecule has 3 rings (SSSR count). The van der Waals surface area contributed by atoms with Gasteiger partial charge >= 0.3 is 0 Å². The molecule has 2 aromatic carbocycles. The molecule has 1 N–H and O–H groups in total. The second-order valence-electron chi connectivity index (χ2n) is 4.64. The topological polar surface area (TPSA) is 42.2 Å². The molecular formula is C17H11BrClNO2. The number of nitrogens with one attached hydrogen (secondary N) is 1. The van der Waals surface area contributed by atoms with Gasteiger partial charge in [0.15, 0.2) is 5.76 Å². The van der Waals surface area contributed by atoms with Gasteiger partial charge in [0.25, 0.3) is 5.91 Å². The summed E-state index contributed by atoms with van der Waals surface area (Å²) in [5, 5.41) is 3.44. The van der Waals surface area contributed by atoms with E-state index in [-0.39, 0.29) is 11.7 Å². The SMILES string of the molecule is O=C(Nc1cccc(Br)c1)c1ccc(-c2ccc(Cl)cc2)o1. The van der Waals surface area contributed by atoms with Crippen molar-refractivity contribution in [2.75, 3.05) is 5.32 Å². The molecule has 0 bridgehead atoms. The minimum Gasteiger partial charge on any atom is -0.451 e. The first kappa shape index (κ1) is 14.9. The van der Waals surface area contributed by atoms with Crippen molar-refractivity contribution in [3.8, 4) is 11.3 Å². The van der Waals surface area contributed by atoms with Crippen molar-refractivity contribution in [3.63, 3.8) is 0 Å². The van der Waals surface area contributed by atoms with Crippen LogP contribution in [0.2, 0.25) is 5.02 Å². The third-order valence-corrected chi connectivity index (χ3v) is 3.79. The van der Waals surface area contributed by atoms with Gasteiger partial charge in [0.1, 0.15) is 5.76 Å². The number of hydrogen-bond acceptors (Lipinski definition) is 2. The highest BCUT2D eigenvalue weighted by Gasteiger charge is 2.12. The van der Waals surface area contributed by atoms with Gasteiger partial charge in [0, 0.05) is 20.7 Å². The van der Waals surface area contributed by atoms with Gasteiger partial charge in [-0.2, -0.15) is 0 Å². The van der Waals surface area contributed by atoms with Crippen molar-refractivity contribution in [2.24, 2.45) is 0 Å². The fourth-order valence-corrected chi connectivity index (χ4v) is 2.51. The maximum absolute atomic E-state index is 12.2. The van der Waals surface area contributed by atoms with Crippen LogP contribution in [0, 0.1) is 0 Å². The zero-order valence-electron chi connectivity index (χ0n) is 11.3. The van der Waals surface area contributed by atoms with Crippen LogP contribution in [0.3, 0.4) is 0 Å². The molecule has 5 heteroatoms. The Balaban J connectivity index is 1.78. The summed E-state index contributed by atoms with van der Waals surface area (Å²) in [6, 6.07) is 18.0. The number of hydrogen-bond donors (Lipinski definition) is 1. The maximum Gasteiger partial charge on any atom is 0.291 e. The van der Waals surface area contributed by atoms with Crippen molar-refractivity contribution in [1.82, 2.24) is 0 Å². The van der Waals surface area contributed by atoms with Crippen LogP contribution < -0.4 is 5.32 Å². The lowest BCUT2D eigenvalue weighted by Gasteiger charge is -2.03. The Hall–Kier alpha value is -2.04. The molecule has 3 nitrogen and oxygen atoms in total. The van der Waals surface area contributed by atoms with E-state index in [1.165, 1.54) is 0 Å². The lowest BCUT2D eigenvalue weighted by atomic mass is 10.2. The summed E-state index contributed by atoms with van der Waals surface area (Å²) in [6.07, 6.45) is 0. The summed E-state index contributed by atoms with van der Waals surface area (Å²) in [6.45, 7) is 0. The average molecular weight is 377 g/mol. The zero-order valence-corrected chi connectivity index (χ0v) is 13.7. The van der Waals surface area contributed by atoms with Crippen molar-refractivity contribution >= 4 is 39.1 Å². The van der Waals surface area contributed by atoms with Gasteiger partial charge in [-0.15, -0.1) is 0 Å². The van der Waals surface area contributed by atoms with E-state index in [4.69, 9.17) is 16.0 Å². The van der Waals surface area contributed by atoms with E-state index >= 15 is 0 Å². The van der Waals surface area contributed by atoms with Crippen LogP contribution in [0.1, 0.15) is 10.6 Å². The molecule has 0 aliphatic heterocycles. The highest BCUT2D eigenvalue weighted by atomic mass is 79.9. The van der Waals surface area contributed by atoms with Crippen LogP contribution in [0.4, 0.5) is 5.69 Å². The van der Waals surface area contributed by atoms with Crippen LogP contribution in [0.5, 0.6) is 0 Å². The zero-order chi connectivity index (χ0) is 15.5. The Labute approximate surface area is 141 Å². The fraction of sp³-hybridized carbons (Fsp3) is 0. The molecule has 0 fully saturated rings. The molecular weight excluding hydrogens is 366 g/mol. The first-order valence-electron chi connectivity index (χ1n) is 6.54. The number of rotatable bonds is 3. The van der Waals surface area contributed by atoms with Gasteiger partial charge in [-0.3, -0.25) is 4.79 Å². The Morgan fingerprint density at radius 1 is 1.05 bits per heavy atom. The van der Waals surface area contributed by atoms with Gasteiger partial charge < -0.3 is 9.73 Å². The lowest BCUT2D eigenvalue weighted by molar-refractivity contribution is 0.0997. The second-order valence-corrected chi connectivity index (χ2v) is 5.99. The maximum atomic E-state index is 12.2. The number of benzene rings is 2. The van der Waals surface area contributed by atoms with Gasteiger partial charge in [0.2, 0.25) is 0 Å². The predicted octanol–water partition coefficient (Wildman–Crippen LogP) is 5.61. The Kier molecular flexibility index (Phi) is 4.32. The predicted molar refractivity (Wildman–Crippen MR) is 91.2 cm³/mol. The summed E-state index contributed by atoms with van der Waals surface area (Å²) >= 11 is 9.22. The number of carbonyl (C=O) groups excluding carboxylic acids is 1. The third-order valence-electron chi connectivity index (χ3n) is 3.04. The summed E-state index contributed by atoms with van der Waals surface area (Å²) < 4.78 is 6.50. The van der Waals surface area contributed by atoms with Crippen molar-refractivity contribution in [1.29, 1.82) is 0 Å². The number of furan rings is 1. The largest absolute Gasteiger partial charge is 0.451 e. The van der Waals surface area contributed by atoms with Crippen molar-refractivity contribution in [2.45, 2.75) is 0 Å². The van der Waals surface area contributed by atoms with Gasteiger partial charge in [-0.1, -0.05) is 33.6 Å². The molecule has 1 heterocycles. The number of halogens is 2. The van der Waals surface area contributed by atoms with Crippen molar-refractivity contribution in [3.05, 3.63) is 75.9 Å². The molecule has 0 aliphatic rings. The normalized spacial score (nSPS) is 10.5. The van der Waals surface area contributed by atoms with Crippen LogP contribution in [-0.2, 0) is 0 Å². The Bertz CT molecular complexity index is 812. The summed E-state index contributed by atoms with van der Waals surface area (Å²) in [5.41, 5.74) is 1.56. The van der Waals surface area contributed by atoms with Gasteiger partial charge in [-0.25, -0.2) is 0 Å². The van der Waals surface area contributed by atoms with E-state index in [2.05, 4.69) is 21.2 Å². The van der Waals surface area contributed by atoms with Crippen LogP contribution >= 0.6 is 27.5 Å². The molecule has 1 amide bonds. The highest BCUT2D eigenvalue weighted by molar-refractivity contribution is 9.10. The standard InChI is InChI=1S/C17H11BrClNO2/c18-12-2-1-3-14(10-12)20-17(21)16-9-8-15(22-16)11-4-6-13(19)7-5-11/h1-10H,(H,20,21). The molecule has 110 valence electrons. The van der Waals surface area contributed by atoms with E-state index in [1.54, 1.807) is 24.3 Å². The first-order valence-corrected chi connectivity index (χ1v) is 7.71. The molecule has 0 saturated heterocycles. The highest BCUT2D eigenvalue weighted by Crippen LogP contribution is 2.24. The molecule has 1 aromatic heterocycles. The molecule has 0 aliphatic carbocycles. The van der Waals surface area contributed by atoms with E-state index in [0.29, 0.717) is 16.5 Å².